The molecule has 2 aliphatic heterocycles. The van der Waals surface area contributed by atoms with E-state index in [1.807, 2.05) is 4.90 Å². The van der Waals surface area contributed by atoms with E-state index >= 15 is 0 Å². The Balaban J connectivity index is 1.93. The number of amides is 1. The summed E-state index contributed by atoms with van der Waals surface area (Å²) in [4.78, 5) is 14.1. The molecule has 2 saturated heterocycles. The third-order valence-electron chi connectivity index (χ3n) is 3.36. The monoisotopic (exact) mass is 212 g/mol. The van der Waals surface area contributed by atoms with Gasteiger partial charge in [-0.25, -0.2) is 0 Å². The molecule has 1 amide bonds. The molecule has 2 unspecified atom stereocenters. The summed E-state index contributed by atoms with van der Waals surface area (Å²) in [6.45, 7) is 2.85. The second kappa shape index (κ2) is 4.94. The summed E-state index contributed by atoms with van der Waals surface area (Å²) in [5.41, 5.74) is 5.85. The summed E-state index contributed by atoms with van der Waals surface area (Å²) >= 11 is 0. The first-order valence-corrected chi connectivity index (χ1v) is 5.91. The Morgan fingerprint density at radius 3 is 2.33 bits per heavy atom. The van der Waals surface area contributed by atoms with E-state index in [1.54, 1.807) is 0 Å². The van der Waals surface area contributed by atoms with E-state index in [4.69, 9.17) is 10.5 Å². The minimum atomic E-state index is -0.0965. The number of ether oxygens (including phenoxy) is 1. The second-order valence-corrected chi connectivity index (χ2v) is 4.55. The Kier molecular flexibility index (Phi) is 3.59. The van der Waals surface area contributed by atoms with Gasteiger partial charge >= 0.3 is 0 Å². The average Bonchev–Trinajstić information content (AvgIpc) is 2.53. The number of hydrogen-bond donors (Lipinski definition) is 1. The lowest BCUT2D eigenvalue weighted by Gasteiger charge is -2.24. The van der Waals surface area contributed by atoms with E-state index in [9.17, 15) is 4.79 Å². The zero-order valence-electron chi connectivity index (χ0n) is 9.15. The van der Waals surface area contributed by atoms with Gasteiger partial charge in [0.05, 0.1) is 19.1 Å². The van der Waals surface area contributed by atoms with Crippen molar-refractivity contribution in [3.63, 3.8) is 0 Å². The fraction of sp³-hybridized carbons (Fsp3) is 0.909. The van der Waals surface area contributed by atoms with Gasteiger partial charge in [0.15, 0.2) is 0 Å². The van der Waals surface area contributed by atoms with Crippen LogP contribution >= 0.6 is 0 Å². The first-order valence-electron chi connectivity index (χ1n) is 5.91. The van der Waals surface area contributed by atoms with Gasteiger partial charge in [-0.2, -0.15) is 0 Å². The zero-order chi connectivity index (χ0) is 10.7. The fourth-order valence-electron chi connectivity index (χ4n) is 2.35. The van der Waals surface area contributed by atoms with E-state index in [0.29, 0.717) is 13.2 Å². The smallest absolute Gasteiger partial charge is 0.229 e. The minimum Gasteiger partial charge on any atom is -0.379 e. The van der Waals surface area contributed by atoms with Crippen LogP contribution < -0.4 is 5.73 Å². The van der Waals surface area contributed by atoms with Crippen molar-refractivity contribution >= 4 is 5.91 Å². The number of nitrogens with zero attached hydrogens (tertiary/aromatic N) is 1. The van der Waals surface area contributed by atoms with Crippen molar-refractivity contribution in [1.29, 1.82) is 0 Å². The molecule has 2 rings (SSSR count). The number of carbonyl (C=O) groups is 1. The molecule has 0 aromatic heterocycles. The van der Waals surface area contributed by atoms with Gasteiger partial charge in [-0.05, 0) is 12.8 Å². The van der Waals surface area contributed by atoms with Crippen molar-refractivity contribution in [3.8, 4) is 0 Å². The highest BCUT2D eigenvalue weighted by atomic mass is 16.5. The molecule has 4 nitrogen and oxygen atoms in total. The SMILES string of the molecule is NC1COCC1C(=O)N1CCCCCC1. The van der Waals surface area contributed by atoms with E-state index in [-0.39, 0.29) is 17.9 Å². The number of hydrogen-bond acceptors (Lipinski definition) is 3. The molecule has 0 aliphatic carbocycles. The summed E-state index contributed by atoms with van der Waals surface area (Å²) in [5, 5.41) is 0. The maximum Gasteiger partial charge on any atom is 0.229 e. The lowest BCUT2D eigenvalue weighted by molar-refractivity contribution is -0.135. The van der Waals surface area contributed by atoms with Crippen molar-refractivity contribution in [3.05, 3.63) is 0 Å². The van der Waals surface area contributed by atoms with E-state index < -0.39 is 0 Å². The van der Waals surface area contributed by atoms with Crippen LogP contribution in [0.15, 0.2) is 0 Å². The molecule has 0 radical (unpaired) electrons. The third kappa shape index (κ3) is 2.49. The number of rotatable bonds is 1. The van der Waals surface area contributed by atoms with Crippen molar-refractivity contribution in [2.24, 2.45) is 11.7 Å². The standard InChI is InChI=1S/C11H20N2O2/c12-10-8-15-7-9(10)11(14)13-5-3-1-2-4-6-13/h9-10H,1-8,12H2. The quantitative estimate of drug-likeness (QED) is 0.683. The van der Waals surface area contributed by atoms with E-state index in [0.717, 1.165) is 25.9 Å². The molecule has 0 bridgehead atoms. The molecule has 0 spiro atoms. The first kappa shape index (κ1) is 10.9. The second-order valence-electron chi connectivity index (χ2n) is 4.55. The molecule has 4 heteroatoms. The third-order valence-corrected chi connectivity index (χ3v) is 3.36. The van der Waals surface area contributed by atoms with Crippen LogP contribution in [-0.2, 0) is 9.53 Å². The maximum absolute atomic E-state index is 12.1. The zero-order valence-corrected chi connectivity index (χ0v) is 9.15. The van der Waals surface area contributed by atoms with Crippen molar-refractivity contribution in [2.75, 3.05) is 26.3 Å². The Hall–Kier alpha value is -0.610. The van der Waals surface area contributed by atoms with Crippen molar-refractivity contribution in [1.82, 2.24) is 4.90 Å². The molecule has 15 heavy (non-hydrogen) atoms. The highest BCUT2D eigenvalue weighted by Crippen LogP contribution is 2.18. The fourth-order valence-corrected chi connectivity index (χ4v) is 2.35. The first-order chi connectivity index (χ1) is 7.29. The average molecular weight is 212 g/mol. The molecule has 86 valence electrons. The van der Waals surface area contributed by atoms with E-state index in [1.165, 1.54) is 12.8 Å². The van der Waals surface area contributed by atoms with Gasteiger partial charge in [0.25, 0.3) is 0 Å². The molecule has 2 heterocycles. The van der Waals surface area contributed by atoms with Crippen LogP contribution in [0.2, 0.25) is 0 Å². The number of carbonyl (C=O) groups excluding carboxylic acids is 1. The Morgan fingerprint density at radius 2 is 1.80 bits per heavy atom. The topological polar surface area (TPSA) is 55.6 Å². The van der Waals surface area contributed by atoms with Crippen LogP contribution in [0.1, 0.15) is 25.7 Å². The lowest BCUT2D eigenvalue weighted by Crippen LogP contribution is -2.43. The highest BCUT2D eigenvalue weighted by molar-refractivity contribution is 5.80. The normalized spacial score (nSPS) is 32.7. The van der Waals surface area contributed by atoms with Crippen molar-refractivity contribution in [2.45, 2.75) is 31.7 Å². The van der Waals surface area contributed by atoms with Gasteiger partial charge in [-0.15, -0.1) is 0 Å². The molecule has 0 saturated carbocycles. The lowest BCUT2D eigenvalue weighted by atomic mass is 10.0. The van der Waals surface area contributed by atoms with Crippen LogP contribution in [0.3, 0.4) is 0 Å². The Bertz CT molecular complexity index is 225. The van der Waals surface area contributed by atoms with E-state index in [2.05, 4.69) is 0 Å². The van der Waals surface area contributed by atoms with Crippen LogP contribution in [-0.4, -0.2) is 43.2 Å². The highest BCUT2D eigenvalue weighted by Gasteiger charge is 2.34. The molecule has 2 aliphatic rings. The van der Waals surface area contributed by atoms with Crippen molar-refractivity contribution < 1.29 is 9.53 Å². The largest absolute Gasteiger partial charge is 0.379 e. The summed E-state index contributed by atoms with van der Waals surface area (Å²) in [6, 6.07) is -0.0965. The molecule has 2 N–H and O–H groups in total. The number of nitrogens with two attached hydrogens (primary N) is 1. The molecule has 0 aromatic carbocycles. The van der Waals surface area contributed by atoms with Crippen LogP contribution in [0.5, 0.6) is 0 Å². The molecule has 2 atom stereocenters. The summed E-state index contributed by atoms with van der Waals surface area (Å²) in [6.07, 6.45) is 4.76. The maximum atomic E-state index is 12.1. The predicted octanol–water partition coefficient (Wildman–Crippen LogP) is 0.363. The summed E-state index contributed by atoms with van der Waals surface area (Å²) < 4.78 is 5.24. The Morgan fingerprint density at radius 1 is 1.13 bits per heavy atom. The Labute approximate surface area is 90.8 Å². The van der Waals surface area contributed by atoms with Crippen LogP contribution in [0, 0.1) is 5.92 Å². The van der Waals surface area contributed by atoms with Gasteiger partial charge in [0.2, 0.25) is 5.91 Å². The summed E-state index contributed by atoms with van der Waals surface area (Å²) in [5.74, 6) is 0.116. The van der Waals surface area contributed by atoms with Gasteiger partial charge in [-0.3, -0.25) is 4.79 Å². The van der Waals surface area contributed by atoms with Gasteiger partial charge in [-0.1, -0.05) is 12.8 Å². The predicted molar refractivity (Wildman–Crippen MR) is 57.3 cm³/mol. The van der Waals surface area contributed by atoms with Crippen LogP contribution in [0.25, 0.3) is 0 Å². The molecular weight excluding hydrogens is 192 g/mol. The van der Waals surface area contributed by atoms with Gasteiger partial charge in [0.1, 0.15) is 0 Å². The van der Waals surface area contributed by atoms with Gasteiger partial charge < -0.3 is 15.4 Å². The molecule has 0 aromatic rings. The molecular formula is C11H20N2O2. The minimum absolute atomic E-state index is 0.0944. The summed E-state index contributed by atoms with van der Waals surface area (Å²) in [7, 11) is 0. The van der Waals surface area contributed by atoms with Gasteiger partial charge in [0, 0.05) is 19.1 Å². The van der Waals surface area contributed by atoms with Crippen LogP contribution in [0.4, 0.5) is 0 Å². The number of likely N-dealkylation sites (tertiary alicyclic amines) is 1. The molecule has 2 fully saturated rings.